The minimum Gasteiger partial charge on any atom is -0.378 e. The van der Waals surface area contributed by atoms with E-state index in [0.29, 0.717) is 42.3 Å². The lowest BCUT2D eigenvalue weighted by atomic mass is 10.1. The molecule has 0 atom stereocenters. The first kappa shape index (κ1) is 23.2. The van der Waals surface area contributed by atoms with Crippen molar-refractivity contribution >= 4 is 55.4 Å². The molecule has 0 unspecified atom stereocenters. The molecule has 3 heterocycles. The maximum absolute atomic E-state index is 12.3. The molecule has 1 N–H and O–H groups in total. The highest BCUT2D eigenvalue weighted by Crippen LogP contribution is 2.43. The fourth-order valence-electron chi connectivity index (χ4n) is 3.30. The summed E-state index contributed by atoms with van der Waals surface area (Å²) < 4.78 is 32.6. The smallest absolute Gasteiger partial charge is 0.232 e. The Bertz CT molecular complexity index is 1210. The molecule has 1 fully saturated rings. The van der Waals surface area contributed by atoms with Gasteiger partial charge in [-0.05, 0) is 30.2 Å². The molecule has 0 radical (unpaired) electrons. The van der Waals surface area contributed by atoms with Crippen molar-refractivity contribution in [1.29, 1.82) is 0 Å². The number of nitrogens with zero attached hydrogens (tertiary/aromatic N) is 4. The van der Waals surface area contributed by atoms with E-state index in [2.05, 4.69) is 19.6 Å². The number of ether oxygens (including phenoxy) is 1. The molecule has 1 aliphatic heterocycles. The number of benzene rings is 1. The van der Waals surface area contributed by atoms with Crippen molar-refractivity contribution in [3.8, 4) is 21.8 Å². The van der Waals surface area contributed by atoms with Crippen LogP contribution in [0.3, 0.4) is 0 Å². The summed E-state index contributed by atoms with van der Waals surface area (Å²) in [7, 11) is -3.50. The second-order valence-corrected chi connectivity index (χ2v) is 10.6. The van der Waals surface area contributed by atoms with E-state index in [0.717, 1.165) is 23.1 Å². The van der Waals surface area contributed by atoms with Gasteiger partial charge in [-0.25, -0.2) is 23.4 Å². The van der Waals surface area contributed by atoms with Crippen LogP contribution in [0.2, 0.25) is 10.3 Å². The Labute approximate surface area is 200 Å². The molecule has 0 saturated carbocycles. The molecule has 170 valence electrons. The third kappa shape index (κ3) is 5.15. The summed E-state index contributed by atoms with van der Waals surface area (Å²) in [5.41, 5.74) is 2.13. The minimum absolute atomic E-state index is 0.0100. The second kappa shape index (κ2) is 9.88. The van der Waals surface area contributed by atoms with Gasteiger partial charge in [0.1, 0.15) is 0 Å². The number of aromatic nitrogens is 3. The van der Waals surface area contributed by atoms with Crippen LogP contribution in [0, 0.1) is 0 Å². The standard InChI is InChI=1S/C20H21Cl2N5O3S2/c1-2-12-32(28,29)26-14-5-3-4-13(16(14)21)17-18(15-6-7-23-19(22)24-15)31-20(25-17)27-8-10-30-11-9-27/h3-7,26H,2,8-12H2,1H3. The highest BCUT2D eigenvalue weighted by molar-refractivity contribution is 7.92. The first-order valence-corrected chi connectivity index (χ1v) is 13.2. The number of morpholine rings is 1. The Morgan fingerprint density at radius 2 is 1.97 bits per heavy atom. The molecule has 1 saturated heterocycles. The van der Waals surface area contributed by atoms with Gasteiger partial charge >= 0.3 is 0 Å². The van der Waals surface area contributed by atoms with Gasteiger partial charge in [0.2, 0.25) is 15.3 Å². The average Bonchev–Trinajstić information content (AvgIpc) is 3.21. The lowest BCUT2D eigenvalue weighted by Gasteiger charge is -2.26. The van der Waals surface area contributed by atoms with Crippen LogP contribution in [-0.4, -0.2) is 55.4 Å². The zero-order valence-corrected chi connectivity index (χ0v) is 20.4. The number of thiazole rings is 1. The van der Waals surface area contributed by atoms with Crippen molar-refractivity contribution in [2.45, 2.75) is 13.3 Å². The molecular formula is C20H21Cl2N5O3S2. The highest BCUT2D eigenvalue weighted by Gasteiger charge is 2.24. The molecule has 1 aromatic carbocycles. The number of hydrogen-bond acceptors (Lipinski definition) is 8. The highest BCUT2D eigenvalue weighted by atomic mass is 35.5. The zero-order valence-electron chi connectivity index (χ0n) is 17.2. The van der Waals surface area contributed by atoms with Gasteiger partial charge < -0.3 is 9.64 Å². The molecule has 1 aliphatic rings. The fraction of sp³-hybridized carbons (Fsp3) is 0.350. The SMILES string of the molecule is CCCS(=O)(=O)Nc1cccc(-c2nc(N3CCOCC3)sc2-c2ccnc(Cl)n2)c1Cl. The summed E-state index contributed by atoms with van der Waals surface area (Å²) in [6.07, 6.45) is 2.08. The molecule has 0 spiro atoms. The lowest BCUT2D eigenvalue weighted by molar-refractivity contribution is 0.122. The Hall–Kier alpha value is -1.98. The van der Waals surface area contributed by atoms with Crippen LogP contribution in [0.15, 0.2) is 30.5 Å². The summed E-state index contributed by atoms with van der Waals surface area (Å²) in [6, 6.07) is 6.95. The number of rotatable bonds is 7. The molecule has 0 bridgehead atoms. The number of hydrogen-bond donors (Lipinski definition) is 1. The monoisotopic (exact) mass is 513 g/mol. The summed E-state index contributed by atoms with van der Waals surface area (Å²) in [6.45, 7) is 4.50. The summed E-state index contributed by atoms with van der Waals surface area (Å²) in [5.74, 6) is 0.0100. The van der Waals surface area contributed by atoms with E-state index < -0.39 is 10.0 Å². The second-order valence-electron chi connectivity index (χ2n) is 7.07. The summed E-state index contributed by atoms with van der Waals surface area (Å²) in [4.78, 5) is 16.1. The quantitative estimate of drug-likeness (QED) is 0.462. The Kier molecular flexibility index (Phi) is 7.16. The molecule has 3 aromatic rings. The molecule has 8 nitrogen and oxygen atoms in total. The fourth-order valence-corrected chi connectivity index (χ4v) is 6.01. The van der Waals surface area contributed by atoms with Crippen molar-refractivity contribution < 1.29 is 13.2 Å². The van der Waals surface area contributed by atoms with Gasteiger partial charge in [0.05, 0.1) is 45.9 Å². The van der Waals surface area contributed by atoms with Crippen molar-refractivity contribution in [3.05, 3.63) is 40.8 Å². The molecule has 12 heteroatoms. The normalized spacial score (nSPS) is 14.5. The molecular weight excluding hydrogens is 493 g/mol. The van der Waals surface area contributed by atoms with E-state index in [1.165, 1.54) is 11.3 Å². The van der Waals surface area contributed by atoms with Crippen molar-refractivity contribution in [3.63, 3.8) is 0 Å². The summed E-state index contributed by atoms with van der Waals surface area (Å²) >= 11 is 14.2. The van der Waals surface area contributed by atoms with Gasteiger partial charge in [0, 0.05) is 24.8 Å². The van der Waals surface area contributed by atoms with Crippen molar-refractivity contribution in [2.75, 3.05) is 41.7 Å². The maximum atomic E-state index is 12.3. The third-order valence-corrected chi connectivity index (χ3v) is 7.95. The van der Waals surface area contributed by atoms with Gasteiger partial charge in [-0.15, -0.1) is 0 Å². The van der Waals surface area contributed by atoms with Crippen LogP contribution in [0.1, 0.15) is 13.3 Å². The van der Waals surface area contributed by atoms with Crippen LogP contribution in [-0.2, 0) is 14.8 Å². The summed E-state index contributed by atoms with van der Waals surface area (Å²) in [5, 5.41) is 1.20. The largest absolute Gasteiger partial charge is 0.378 e. The number of anilines is 2. The van der Waals surface area contributed by atoms with Gasteiger partial charge in [-0.1, -0.05) is 42.0 Å². The number of nitrogens with one attached hydrogen (secondary N) is 1. The lowest BCUT2D eigenvalue weighted by Crippen LogP contribution is -2.36. The van der Waals surface area contributed by atoms with Crippen LogP contribution in [0.25, 0.3) is 21.8 Å². The van der Waals surface area contributed by atoms with Crippen LogP contribution in [0.5, 0.6) is 0 Å². The molecule has 2 aromatic heterocycles. The van der Waals surface area contributed by atoms with E-state index >= 15 is 0 Å². The Morgan fingerprint density at radius 3 is 2.69 bits per heavy atom. The molecule has 0 aliphatic carbocycles. The van der Waals surface area contributed by atoms with E-state index in [1.54, 1.807) is 31.3 Å². The Morgan fingerprint density at radius 1 is 1.19 bits per heavy atom. The number of halogens is 2. The molecule has 32 heavy (non-hydrogen) atoms. The van der Waals surface area contributed by atoms with Gasteiger partial charge in [0.15, 0.2) is 5.13 Å². The van der Waals surface area contributed by atoms with E-state index in [1.807, 2.05) is 6.07 Å². The number of sulfonamides is 1. The average molecular weight is 514 g/mol. The van der Waals surface area contributed by atoms with Crippen LogP contribution >= 0.6 is 34.5 Å². The predicted molar refractivity (Wildman–Crippen MR) is 129 cm³/mol. The van der Waals surface area contributed by atoms with Crippen molar-refractivity contribution in [1.82, 2.24) is 15.0 Å². The van der Waals surface area contributed by atoms with E-state index in [-0.39, 0.29) is 16.1 Å². The molecule has 4 rings (SSSR count). The topological polar surface area (TPSA) is 97.3 Å². The van der Waals surface area contributed by atoms with E-state index in [4.69, 9.17) is 32.9 Å². The Balaban J connectivity index is 1.82. The predicted octanol–water partition coefficient (Wildman–Crippen LogP) is 4.56. The first-order chi connectivity index (χ1) is 15.4. The van der Waals surface area contributed by atoms with Gasteiger partial charge in [0.25, 0.3) is 0 Å². The maximum Gasteiger partial charge on any atom is 0.232 e. The van der Waals surface area contributed by atoms with Gasteiger partial charge in [-0.2, -0.15) is 0 Å². The zero-order chi connectivity index (χ0) is 22.7. The van der Waals surface area contributed by atoms with E-state index in [9.17, 15) is 8.42 Å². The minimum atomic E-state index is -3.50. The van der Waals surface area contributed by atoms with Crippen LogP contribution < -0.4 is 9.62 Å². The van der Waals surface area contributed by atoms with Crippen molar-refractivity contribution in [2.24, 2.45) is 0 Å². The van der Waals surface area contributed by atoms with Gasteiger partial charge in [-0.3, -0.25) is 4.72 Å². The molecule has 0 amide bonds. The van der Waals surface area contributed by atoms with Crippen LogP contribution in [0.4, 0.5) is 10.8 Å². The first-order valence-electron chi connectivity index (χ1n) is 10.00. The third-order valence-electron chi connectivity index (χ3n) is 4.75.